The Hall–Kier alpha value is -1.75. The van der Waals surface area contributed by atoms with Crippen molar-refractivity contribution in [2.75, 3.05) is 0 Å². The van der Waals surface area contributed by atoms with Gasteiger partial charge in [0.25, 0.3) is 0 Å². The molecule has 2 aromatic heterocycles. The van der Waals surface area contributed by atoms with Gasteiger partial charge >= 0.3 is 0 Å². The molecule has 1 aromatic carbocycles. The molecule has 3 nitrogen and oxygen atoms in total. The van der Waals surface area contributed by atoms with Gasteiger partial charge in [-0.15, -0.1) is 0 Å². The molecule has 0 unspecified atom stereocenters. The molecule has 0 saturated carbocycles. The second kappa shape index (κ2) is 4.49. The highest BCUT2D eigenvalue weighted by Gasteiger charge is 2.05. The molecule has 0 atom stereocenters. The van der Waals surface area contributed by atoms with Crippen LogP contribution in [0.15, 0.2) is 47.3 Å². The molecule has 0 N–H and O–H groups in total. The van der Waals surface area contributed by atoms with Gasteiger partial charge in [-0.1, -0.05) is 12.1 Å². The molecular formula is C13H9BrFN3. The van der Waals surface area contributed by atoms with E-state index in [2.05, 4.69) is 25.9 Å². The number of nitrogens with zero attached hydrogens (tertiary/aromatic N) is 3. The summed E-state index contributed by atoms with van der Waals surface area (Å²) in [5.41, 5.74) is 2.67. The molecule has 3 aromatic rings. The minimum atomic E-state index is -0.227. The summed E-state index contributed by atoms with van der Waals surface area (Å²) in [6, 6.07) is 10.2. The van der Waals surface area contributed by atoms with Crippen molar-refractivity contribution in [2.24, 2.45) is 0 Å². The van der Waals surface area contributed by atoms with Gasteiger partial charge in [-0.25, -0.2) is 14.4 Å². The summed E-state index contributed by atoms with van der Waals surface area (Å²) in [6.45, 7) is 0.625. The van der Waals surface area contributed by atoms with Crippen molar-refractivity contribution in [3.63, 3.8) is 0 Å². The zero-order valence-corrected chi connectivity index (χ0v) is 10.9. The van der Waals surface area contributed by atoms with E-state index in [-0.39, 0.29) is 5.82 Å². The molecule has 2 heterocycles. The SMILES string of the molecule is Fc1ccc(Cn2cnc3ccc(Br)nc32)cc1. The van der Waals surface area contributed by atoms with Crippen LogP contribution in [-0.2, 0) is 6.54 Å². The summed E-state index contributed by atoms with van der Waals surface area (Å²) >= 11 is 3.34. The molecule has 3 rings (SSSR count). The maximum Gasteiger partial charge on any atom is 0.161 e. The number of hydrogen-bond donors (Lipinski definition) is 0. The summed E-state index contributed by atoms with van der Waals surface area (Å²) in [5.74, 6) is -0.227. The van der Waals surface area contributed by atoms with E-state index in [1.165, 1.54) is 12.1 Å². The minimum absolute atomic E-state index is 0.227. The van der Waals surface area contributed by atoms with Crippen LogP contribution in [0.2, 0.25) is 0 Å². The van der Waals surface area contributed by atoms with Gasteiger partial charge in [-0.3, -0.25) is 0 Å². The van der Waals surface area contributed by atoms with Gasteiger partial charge < -0.3 is 4.57 Å². The lowest BCUT2D eigenvalue weighted by atomic mass is 10.2. The lowest BCUT2D eigenvalue weighted by Gasteiger charge is -2.04. The van der Waals surface area contributed by atoms with Gasteiger partial charge in [0.2, 0.25) is 0 Å². The molecule has 0 amide bonds. The van der Waals surface area contributed by atoms with E-state index >= 15 is 0 Å². The van der Waals surface area contributed by atoms with Gasteiger partial charge in [0.1, 0.15) is 15.9 Å². The van der Waals surface area contributed by atoms with E-state index in [0.29, 0.717) is 6.54 Å². The number of fused-ring (bicyclic) bond motifs is 1. The van der Waals surface area contributed by atoms with Gasteiger partial charge in [-0.05, 0) is 45.8 Å². The van der Waals surface area contributed by atoms with Crippen molar-refractivity contribution in [3.05, 3.63) is 58.7 Å². The highest BCUT2D eigenvalue weighted by atomic mass is 79.9. The van der Waals surface area contributed by atoms with Crippen molar-refractivity contribution in [1.82, 2.24) is 14.5 Å². The number of halogens is 2. The molecule has 90 valence electrons. The predicted octanol–water partition coefficient (Wildman–Crippen LogP) is 3.38. The van der Waals surface area contributed by atoms with E-state index in [9.17, 15) is 4.39 Å². The van der Waals surface area contributed by atoms with Crippen molar-refractivity contribution < 1.29 is 4.39 Å². The first-order valence-electron chi connectivity index (χ1n) is 5.44. The smallest absolute Gasteiger partial charge is 0.161 e. The quantitative estimate of drug-likeness (QED) is 0.680. The fourth-order valence-corrected chi connectivity index (χ4v) is 2.12. The molecule has 0 saturated heterocycles. The molecular weight excluding hydrogens is 297 g/mol. The highest BCUT2D eigenvalue weighted by molar-refractivity contribution is 9.10. The molecule has 0 fully saturated rings. The maximum atomic E-state index is 12.8. The van der Waals surface area contributed by atoms with Crippen LogP contribution in [0, 0.1) is 5.82 Å². The first kappa shape index (κ1) is 11.3. The lowest BCUT2D eigenvalue weighted by Crippen LogP contribution is -1.99. The summed E-state index contributed by atoms with van der Waals surface area (Å²) in [5, 5.41) is 0. The number of aromatic nitrogens is 3. The molecule has 0 bridgehead atoms. The Morgan fingerprint density at radius 3 is 2.67 bits per heavy atom. The zero-order valence-electron chi connectivity index (χ0n) is 9.35. The van der Waals surface area contributed by atoms with E-state index in [1.54, 1.807) is 18.5 Å². The number of benzene rings is 1. The third-order valence-electron chi connectivity index (χ3n) is 2.69. The Kier molecular flexibility index (Phi) is 2.83. The third-order valence-corrected chi connectivity index (χ3v) is 3.14. The summed E-state index contributed by atoms with van der Waals surface area (Å²) in [6.07, 6.45) is 1.74. The highest BCUT2D eigenvalue weighted by Crippen LogP contribution is 2.16. The summed E-state index contributed by atoms with van der Waals surface area (Å²) in [7, 11) is 0. The van der Waals surface area contributed by atoms with Crippen LogP contribution >= 0.6 is 15.9 Å². The van der Waals surface area contributed by atoms with E-state index in [4.69, 9.17) is 0 Å². The molecule has 0 aliphatic heterocycles. The average molecular weight is 306 g/mol. The van der Waals surface area contributed by atoms with Crippen molar-refractivity contribution >= 4 is 27.1 Å². The molecule has 0 aliphatic carbocycles. The van der Waals surface area contributed by atoms with Gasteiger partial charge in [-0.2, -0.15) is 0 Å². The molecule has 0 spiro atoms. The van der Waals surface area contributed by atoms with Gasteiger partial charge in [0.05, 0.1) is 12.9 Å². The molecule has 0 radical (unpaired) electrons. The summed E-state index contributed by atoms with van der Waals surface area (Å²) in [4.78, 5) is 8.67. The van der Waals surface area contributed by atoms with Crippen LogP contribution in [0.1, 0.15) is 5.56 Å². The first-order valence-corrected chi connectivity index (χ1v) is 6.23. The Balaban J connectivity index is 1.99. The van der Waals surface area contributed by atoms with Crippen LogP contribution in [0.5, 0.6) is 0 Å². The maximum absolute atomic E-state index is 12.8. The fraction of sp³-hybridized carbons (Fsp3) is 0.0769. The van der Waals surface area contributed by atoms with Crippen molar-refractivity contribution in [2.45, 2.75) is 6.54 Å². The zero-order chi connectivity index (χ0) is 12.5. The number of pyridine rings is 1. The molecule has 5 heteroatoms. The lowest BCUT2D eigenvalue weighted by molar-refractivity contribution is 0.626. The van der Waals surface area contributed by atoms with Crippen LogP contribution < -0.4 is 0 Å². The topological polar surface area (TPSA) is 30.7 Å². The van der Waals surface area contributed by atoms with Crippen LogP contribution in [-0.4, -0.2) is 14.5 Å². The van der Waals surface area contributed by atoms with Gasteiger partial charge in [0.15, 0.2) is 5.65 Å². The summed E-state index contributed by atoms with van der Waals surface area (Å²) < 4.78 is 15.5. The second-order valence-corrected chi connectivity index (χ2v) is 4.79. The Morgan fingerprint density at radius 1 is 1.11 bits per heavy atom. The van der Waals surface area contributed by atoms with E-state index in [0.717, 1.165) is 21.3 Å². The standard InChI is InChI=1S/C13H9BrFN3/c14-12-6-5-11-13(17-12)18(8-16-11)7-9-1-3-10(15)4-2-9/h1-6,8H,7H2. The Labute approximate surface area is 111 Å². The number of rotatable bonds is 2. The van der Waals surface area contributed by atoms with Crippen molar-refractivity contribution in [3.8, 4) is 0 Å². The first-order chi connectivity index (χ1) is 8.72. The van der Waals surface area contributed by atoms with Crippen LogP contribution in [0.3, 0.4) is 0 Å². The van der Waals surface area contributed by atoms with E-state index < -0.39 is 0 Å². The van der Waals surface area contributed by atoms with E-state index in [1.807, 2.05) is 16.7 Å². The average Bonchev–Trinajstić information content (AvgIpc) is 2.75. The predicted molar refractivity (Wildman–Crippen MR) is 70.7 cm³/mol. The number of hydrogen-bond acceptors (Lipinski definition) is 2. The largest absolute Gasteiger partial charge is 0.311 e. The molecule has 18 heavy (non-hydrogen) atoms. The van der Waals surface area contributed by atoms with Gasteiger partial charge in [0, 0.05) is 0 Å². The molecule has 0 aliphatic rings. The number of imidazole rings is 1. The normalized spacial score (nSPS) is 11.0. The Bertz CT molecular complexity index is 691. The van der Waals surface area contributed by atoms with Crippen LogP contribution in [0.4, 0.5) is 4.39 Å². The van der Waals surface area contributed by atoms with Crippen molar-refractivity contribution in [1.29, 1.82) is 0 Å². The second-order valence-electron chi connectivity index (χ2n) is 3.98. The van der Waals surface area contributed by atoms with Crippen LogP contribution in [0.25, 0.3) is 11.2 Å². The fourth-order valence-electron chi connectivity index (χ4n) is 1.82. The monoisotopic (exact) mass is 305 g/mol. The third kappa shape index (κ3) is 2.13. The Morgan fingerprint density at radius 2 is 1.89 bits per heavy atom. The minimum Gasteiger partial charge on any atom is -0.311 e.